The van der Waals surface area contributed by atoms with Gasteiger partial charge < -0.3 is 15.3 Å². The van der Waals surface area contributed by atoms with Crippen LogP contribution in [0.15, 0.2) is 24.3 Å². The minimum absolute atomic E-state index is 0.151. The summed E-state index contributed by atoms with van der Waals surface area (Å²) in [4.78, 5) is 0. The minimum Gasteiger partial charge on any atom is -0.544 e. The van der Waals surface area contributed by atoms with Crippen LogP contribution in [0.2, 0.25) is 19.6 Å². The minimum atomic E-state index is -1.56. The second-order valence-corrected chi connectivity index (χ2v) is 10.5. The fourth-order valence-corrected chi connectivity index (χ4v) is 2.57. The van der Waals surface area contributed by atoms with Gasteiger partial charge in [-0.25, -0.2) is 0 Å². The SMILES string of the molecule is CC(C)[C@@H](O)[C@@H](N)c1ccc(O[Si](C)(C)C)cc1. The zero-order valence-corrected chi connectivity index (χ0v) is 13.0. The van der Waals surface area contributed by atoms with Gasteiger partial charge in [-0.2, -0.15) is 0 Å². The molecule has 4 heteroatoms. The highest BCUT2D eigenvalue weighted by molar-refractivity contribution is 6.70. The molecule has 1 rings (SSSR count). The zero-order chi connectivity index (χ0) is 13.9. The Balaban J connectivity index is 2.77. The quantitative estimate of drug-likeness (QED) is 0.807. The third kappa shape index (κ3) is 4.44. The highest BCUT2D eigenvalue weighted by Gasteiger charge is 2.20. The monoisotopic (exact) mass is 267 g/mol. The van der Waals surface area contributed by atoms with Gasteiger partial charge in [0.1, 0.15) is 5.75 Å². The average Bonchev–Trinajstić information content (AvgIpc) is 2.26. The molecule has 0 bridgehead atoms. The van der Waals surface area contributed by atoms with Crippen molar-refractivity contribution >= 4 is 8.32 Å². The Bertz CT molecular complexity index is 370. The van der Waals surface area contributed by atoms with Crippen LogP contribution in [-0.4, -0.2) is 19.5 Å². The van der Waals surface area contributed by atoms with E-state index in [9.17, 15) is 5.11 Å². The molecule has 1 aromatic carbocycles. The first-order valence-electron chi connectivity index (χ1n) is 6.43. The molecule has 0 spiro atoms. The van der Waals surface area contributed by atoms with E-state index in [2.05, 4.69) is 19.6 Å². The summed E-state index contributed by atoms with van der Waals surface area (Å²) < 4.78 is 5.88. The van der Waals surface area contributed by atoms with Crippen molar-refractivity contribution in [1.29, 1.82) is 0 Å². The van der Waals surface area contributed by atoms with Crippen LogP contribution in [0.4, 0.5) is 0 Å². The number of hydrogen-bond donors (Lipinski definition) is 2. The molecule has 0 aromatic heterocycles. The molecule has 3 nitrogen and oxygen atoms in total. The predicted octanol–water partition coefficient (Wildman–Crippen LogP) is 2.92. The number of rotatable bonds is 5. The van der Waals surface area contributed by atoms with Crippen molar-refractivity contribution in [2.75, 3.05) is 0 Å². The summed E-state index contributed by atoms with van der Waals surface area (Å²) in [7, 11) is -1.56. The Labute approximate surface area is 111 Å². The Morgan fingerprint density at radius 3 is 2.00 bits per heavy atom. The van der Waals surface area contributed by atoms with Crippen LogP contribution >= 0.6 is 0 Å². The van der Waals surface area contributed by atoms with E-state index in [1.165, 1.54) is 0 Å². The molecule has 1 aromatic rings. The molecule has 0 amide bonds. The third-order valence-corrected chi connectivity index (χ3v) is 3.59. The van der Waals surface area contributed by atoms with Crippen LogP contribution in [0.1, 0.15) is 25.5 Å². The molecular weight excluding hydrogens is 242 g/mol. The molecule has 0 aliphatic heterocycles. The van der Waals surface area contributed by atoms with Crippen LogP contribution < -0.4 is 10.2 Å². The number of benzene rings is 1. The molecule has 0 aliphatic rings. The van der Waals surface area contributed by atoms with Crippen LogP contribution in [0.5, 0.6) is 5.75 Å². The first-order valence-corrected chi connectivity index (χ1v) is 9.84. The van der Waals surface area contributed by atoms with Crippen molar-refractivity contribution in [2.24, 2.45) is 11.7 Å². The van der Waals surface area contributed by atoms with Crippen molar-refractivity contribution in [1.82, 2.24) is 0 Å². The molecule has 18 heavy (non-hydrogen) atoms. The number of hydrogen-bond acceptors (Lipinski definition) is 3. The fraction of sp³-hybridized carbons (Fsp3) is 0.571. The van der Waals surface area contributed by atoms with Crippen molar-refractivity contribution in [3.8, 4) is 5.75 Å². The Kier molecular flexibility index (Phi) is 4.96. The molecule has 0 saturated carbocycles. The van der Waals surface area contributed by atoms with E-state index in [-0.39, 0.29) is 12.0 Å². The topological polar surface area (TPSA) is 55.5 Å². The molecule has 0 heterocycles. The van der Waals surface area contributed by atoms with Crippen molar-refractivity contribution in [3.63, 3.8) is 0 Å². The standard InChI is InChI=1S/C14H25NO2Si/c1-10(2)14(16)13(15)11-6-8-12(9-7-11)17-18(3,4)5/h6-10,13-14,16H,15H2,1-5H3/t13-,14+/m0/s1. The fourth-order valence-electron chi connectivity index (χ4n) is 1.72. The highest BCUT2D eigenvalue weighted by atomic mass is 28.4. The van der Waals surface area contributed by atoms with Crippen LogP contribution in [-0.2, 0) is 0 Å². The van der Waals surface area contributed by atoms with E-state index in [4.69, 9.17) is 10.2 Å². The van der Waals surface area contributed by atoms with E-state index in [0.717, 1.165) is 11.3 Å². The highest BCUT2D eigenvalue weighted by Crippen LogP contribution is 2.23. The summed E-state index contributed by atoms with van der Waals surface area (Å²) in [5.41, 5.74) is 6.98. The van der Waals surface area contributed by atoms with Gasteiger partial charge in [0.25, 0.3) is 0 Å². The number of aliphatic hydroxyl groups excluding tert-OH is 1. The Hall–Kier alpha value is -0.843. The summed E-state index contributed by atoms with van der Waals surface area (Å²) in [5.74, 6) is 1.03. The molecule has 3 N–H and O–H groups in total. The van der Waals surface area contributed by atoms with Crippen LogP contribution in [0.3, 0.4) is 0 Å². The molecule has 0 unspecified atom stereocenters. The van der Waals surface area contributed by atoms with E-state index in [0.29, 0.717) is 0 Å². The lowest BCUT2D eigenvalue weighted by molar-refractivity contribution is 0.0979. The van der Waals surface area contributed by atoms with Gasteiger partial charge in [-0.3, -0.25) is 0 Å². The molecule has 0 fully saturated rings. The third-order valence-electron chi connectivity index (χ3n) is 2.74. The Morgan fingerprint density at radius 1 is 1.11 bits per heavy atom. The molecule has 0 saturated heterocycles. The van der Waals surface area contributed by atoms with Crippen molar-refractivity contribution in [3.05, 3.63) is 29.8 Å². The summed E-state index contributed by atoms with van der Waals surface area (Å²) >= 11 is 0. The van der Waals surface area contributed by atoms with Gasteiger partial charge in [0, 0.05) is 0 Å². The number of nitrogens with two attached hydrogens (primary N) is 1. The summed E-state index contributed by atoms with van der Waals surface area (Å²) in [5, 5.41) is 9.95. The lowest BCUT2D eigenvalue weighted by Gasteiger charge is -2.23. The average molecular weight is 267 g/mol. The Morgan fingerprint density at radius 2 is 1.61 bits per heavy atom. The van der Waals surface area contributed by atoms with Gasteiger partial charge in [0.15, 0.2) is 0 Å². The van der Waals surface area contributed by atoms with Gasteiger partial charge in [0.05, 0.1) is 12.1 Å². The summed E-state index contributed by atoms with van der Waals surface area (Å²) in [6, 6.07) is 7.39. The van der Waals surface area contributed by atoms with E-state index in [1.807, 2.05) is 38.1 Å². The first-order chi connectivity index (χ1) is 8.20. The molecular formula is C14H25NO2Si. The van der Waals surface area contributed by atoms with Gasteiger partial charge in [-0.15, -0.1) is 0 Å². The maximum atomic E-state index is 9.95. The maximum Gasteiger partial charge on any atom is 0.242 e. The maximum absolute atomic E-state index is 9.95. The van der Waals surface area contributed by atoms with Crippen molar-refractivity contribution in [2.45, 2.75) is 45.6 Å². The van der Waals surface area contributed by atoms with Gasteiger partial charge >= 0.3 is 0 Å². The summed E-state index contributed by atoms with van der Waals surface area (Å²) in [6.07, 6.45) is -0.520. The molecule has 0 radical (unpaired) electrons. The zero-order valence-electron chi connectivity index (χ0n) is 12.0. The largest absolute Gasteiger partial charge is 0.544 e. The van der Waals surface area contributed by atoms with Gasteiger partial charge in [0.2, 0.25) is 8.32 Å². The van der Waals surface area contributed by atoms with Crippen molar-refractivity contribution < 1.29 is 9.53 Å². The van der Waals surface area contributed by atoms with E-state index in [1.54, 1.807) is 0 Å². The molecule has 2 atom stereocenters. The predicted molar refractivity (Wildman–Crippen MR) is 78.2 cm³/mol. The first kappa shape index (κ1) is 15.2. The van der Waals surface area contributed by atoms with E-state index < -0.39 is 14.4 Å². The lowest BCUT2D eigenvalue weighted by atomic mass is 9.94. The normalized spacial score (nSPS) is 15.6. The smallest absolute Gasteiger partial charge is 0.242 e. The van der Waals surface area contributed by atoms with Crippen LogP contribution in [0, 0.1) is 5.92 Å². The summed E-state index contributed by atoms with van der Waals surface area (Å²) in [6.45, 7) is 10.4. The molecule has 0 aliphatic carbocycles. The number of aliphatic hydroxyl groups is 1. The lowest BCUT2D eigenvalue weighted by Crippen LogP contribution is -2.31. The molecule has 102 valence electrons. The van der Waals surface area contributed by atoms with Gasteiger partial charge in [-0.05, 0) is 43.3 Å². The van der Waals surface area contributed by atoms with Crippen LogP contribution in [0.25, 0.3) is 0 Å². The van der Waals surface area contributed by atoms with E-state index >= 15 is 0 Å². The second kappa shape index (κ2) is 5.86. The van der Waals surface area contributed by atoms with Gasteiger partial charge in [-0.1, -0.05) is 26.0 Å². The second-order valence-electron chi connectivity index (χ2n) is 6.04.